The number of rotatable bonds is 5. The maximum absolute atomic E-state index is 10.9. The highest BCUT2D eigenvalue weighted by Crippen LogP contribution is 2.17. The number of hydrogen-bond acceptors (Lipinski definition) is 5. The third-order valence-electron chi connectivity index (χ3n) is 1.43. The molecule has 1 atom stereocenters. The lowest BCUT2D eigenvalue weighted by atomic mass is 10.3. The lowest BCUT2D eigenvalue weighted by Gasteiger charge is -2.25. The molecule has 5 heteroatoms. The molecular formula is C9H16O5. The Hall–Kier alpha value is -1.10. The molecule has 0 heterocycles. The summed E-state index contributed by atoms with van der Waals surface area (Å²) in [5, 5.41) is 9.60. The molecule has 0 rings (SSSR count). The molecular weight excluding hydrogens is 188 g/mol. The standard InChI is InChI=1S/C9H16O5/c1-4-6-9(12,13-7(3)10)14-8(11)5-2/h12H,4-6H2,1-3H3. The molecule has 0 aliphatic carbocycles. The van der Waals surface area contributed by atoms with Gasteiger partial charge >= 0.3 is 17.9 Å². The summed E-state index contributed by atoms with van der Waals surface area (Å²) in [6.45, 7) is 4.50. The van der Waals surface area contributed by atoms with Gasteiger partial charge < -0.3 is 14.6 Å². The number of hydrogen-bond donors (Lipinski definition) is 1. The second-order valence-corrected chi connectivity index (χ2v) is 2.88. The summed E-state index contributed by atoms with van der Waals surface area (Å²) in [6, 6.07) is 0. The van der Waals surface area contributed by atoms with Gasteiger partial charge in [0.1, 0.15) is 0 Å². The fourth-order valence-corrected chi connectivity index (χ4v) is 0.913. The van der Waals surface area contributed by atoms with Crippen LogP contribution in [0, 0.1) is 0 Å². The van der Waals surface area contributed by atoms with E-state index in [2.05, 4.69) is 9.47 Å². The minimum Gasteiger partial charge on any atom is -0.398 e. The van der Waals surface area contributed by atoms with Crippen molar-refractivity contribution in [2.24, 2.45) is 0 Å². The van der Waals surface area contributed by atoms with E-state index in [0.29, 0.717) is 6.42 Å². The van der Waals surface area contributed by atoms with E-state index in [0.717, 1.165) is 6.92 Å². The number of esters is 2. The zero-order valence-electron chi connectivity index (χ0n) is 8.70. The highest BCUT2D eigenvalue weighted by Gasteiger charge is 2.33. The Morgan fingerprint density at radius 2 is 1.86 bits per heavy atom. The van der Waals surface area contributed by atoms with Crippen molar-refractivity contribution in [3.05, 3.63) is 0 Å². The lowest BCUT2D eigenvalue weighted by Crippen LogP contribution is -2.39. The fourth-order valence-electron chi connectivity index (χ4n) is 0.913. The maximum Gasteiger partial charge on any atom is 0.373 e. The van der Waals surface area contributed by atoms with Crippen LogP contribution in [0.15, 0.2) is 0 Å². The van der Waals surface area contributed by atoms with Crippen LogP contribution in [0.2, 0.25) is 0 Å². The van der Waals surface area contributed by atoms with Gasteiger partial charge in [0.05, 0.1) is 6.42 Å². The Balaban J connectivity index is 4.37. The van der Waals surface area contributed by atoms with E-state index in [4.69, 9.17) is 0 Å². The molecule has 0 radical (unpaired) electrons. The van der Waals surface area contributed by atoms with Gasteiger partial charge in [-0.1, -0.05) is 13.8 Å². The molecule has 0 spiro atoms. The highest BCUT2D eigenvalue weighted by atomic mass is 16.8. The van der Waals surface area contributed by atoms with Crippen LogP contribution < -0.4 is 0 Å². The smallest absolute Gasteiger partial charge is 0.373 e. The van der Waals surface area contributed by atoms with Gasteiger partial charge in [-0.25, -0.2) is 0 Å². The number of aliphatic hydroxyl groups is 1. The Bertz CT molecular complexity index is 213. The van der Waals surface area contributed by atoms with Crippen LogP contribution in [0.4, 0.5) is 0 Å². The fraction of sp³-hybridized carbons (Fsp3) is 0.778. The number of carbonyl (C=O) groups is 2. The molecule has 1 N–H and O–H groups in total. The third kappa shape index (κ3) is 4.81. The Labute approximate surface area is 83.0 Å². The van der Waals surface area contributed by atoms with E-state index in [1.807, 2.05) is 0 Å². The van der Waals surface area contributed by atoms with Crippen molar-refractivity contribution in [2.45, 2.75) is 46.0 Å². The quantitative estimate of drug-likeness (QED) is 0.533. The van der Waals surface area contributed by atoms with Crippen molar-refractivity contribution in [2.75, 3.05) is 0 Å². The largest absolute Gasteiger partial charge is 0.398 e. The molecule has 0 bridgehead atoms. The van der Waals surface area contributed by atoms with Crippen molar-refractivity contribution < 1.29 is 24.2 Å². The van der Waals surface area contributed by atoms with Gasteiger partial charge in [-0.3, -0.25) is 9.59 Å². The molecule has 0 aliphatic rings. The summed E-state index contributed by atoms with van der Waals surface area (Å²) in [4.78, 5) is 21.5. The van der Waals surface area contributed by atoms with Crippen molar-refractivity contribution in [1.29, 1.82) is 0 Å². The van der Waals surface area contributed by atoms with Gasteiger partial charge in [0.2, 0.25) is 0 Å². The molecule has 0 saturated carbocycles. The molecule has 14 heavy (non-hydrogen) atoms. The molecule has 1 unspecified atom stereocenters. The van der Waals surface area contributed by atoms with Crippen LogP contribution in [0.1, 0.15) is 40.0 Å². The van der Waals surface area contributed by atoms with E-state index in [1.165, 1.54) is 0 Å². The molecule has 0 aromatic rings. The van der Waals surface area contributed by atoms with Gasteiger partial charge in [-0.05, 0) is 6.42 Å². The zero-order chi connectivity index (χ0) is 11.2. The highest BCUT2D eigenvalue weighted by molar-refractivity contribution is 5.70. The van der Waals surface area contributed by atoms with Crippen LogP contribution in [-0.4, -0.2) is 23.0 Å². The molecule has 0 aromatic heterocycles. The van der Waals surface area contributed by atoms with Crippen molar-refractivity contribution in [3.63, 3.8) is 0 Å². The molecule has 0 amide bonds. The number of ether oxygens (including phenoxy) is 2. The average Bonchev–Trinajstić information content (AvgIpc) is 2.02. The molecule has 0 aliphatic heterocycles. The summed E-state index contributed by atoms with van der Waals surface area (Å²) >= 11 is 0. The maximum atomic E-state index is 10.9. The topological polar surface area (TPSA) is 72.8 Å². The van der Waals surface area contributed by atoms with Crippen LogP contribution in [0.3, 0.4) is 0 Å². The van der Waals surface area contributed by atoms with Gasteiger partial charge in [0.25, 0.3) is 0 Å². The third-order valence-corrected chi connectivity index (χ3v) is 1.43. The van der Waals surface area contributed by atoms with Gasteiger partial charge in [0.15, 0.2) is 0 Å². The summed E-state index contributed by atoms with van der Waals surface area (Å²) in [7, 11) is 0. The van der Waals surface area contributed by atoms with Gasteiger partial charge in [-0.15, -0.1) is 0 Å². The van der Waals surface area contributed by atoms with E-state index < -0.39 is 17.9 Å². The summed E-state index contributed by atoms with van der Waals surface area (Å²) in [5.74, 6) is -3.40. The summed E-state index contributed by atoms with van der Waals surface area (Å²) in [6.07, 6.45) is 0.715. The Kier molecular flexibility index (Phi) is 5.15. The average molecular weight is 204 g/mol. The predicted molar refractivity (Wildman–Crippen MR) is 48.0 cm³/mol. The van der Waals surface area contributed by atoms with Crippen LogP contribution in [-0.2, 0) is 19.1 Å². The second kappa shape index (κ2) is 5.59. The van der Waals surface area contributed by atoms with Crippen LogP contribution in [0.5, 0.6) is 0 Å². The van der Waals surface area contributed by atoms with E-state index in [1.54, 1.807) is 13.8 Å². The molecule has 0 aromatic carbocycles. The minimum atomic E-state index is -2.10. The molecule has 0 fully saturated rings. The van der Waals surface area contributed by atoms with Gasteiger partial charge in [-0.2, -0.15) is 0 Å². The van der Waals surface area contributed by atoms with Crippen LogP contribution in [0.25, 0.3) is 0 Å². The summed E-state index contributed by atoms with van der Waals surface area (Å²) in [5.41, 5.74) is 0. The van der Waals surface area contributed by atoms with E-state index in [9.17, 15) is 14.7 Å². The molecule has 5 nitrogen and oxygen atoms in total. The first-order valence-electron chi connectivity index (χ1n) is 4.57. The predicted octanol–water partition coefficient (Wildman–Crippen LogP) is 0.949. The zero-order valence-corrected chi connectivity index (χ0v) is 8.70. The first-order valence-corrected chi connectivity index (χ1v) is 4.57. The van der Waals surface area contributed by atoms with E-state index in [-0.39, 0.29) is 12.8 Å². The SMILES string of the molecule is CCCC(O)(OC(C)=O)OC(=O)CC. The second-order valence-electron chi connectivity index (χ2n) is 2.88. The van der Waals surface area contributed by atoms with Crippen molar-refractivity contribution >= 4 is 11.9 Å². The Morgan fingerprint density at radius 3 is 2.21 bits per heavy atom. The van der Waals surface area contributed by atoms with Crippen molar-refractivity contribution in [1.82, 2.24) is 0 Å². The monoisotopic (exact) mass is 204 g/mol. The molecule has 82 valence electrons. The number of carbonyl (C=O) groups excluding carboxylic acids is 2. The summed E-state index contributed by atoms with van der Waals surface area (Å²) < 4.78 is 9.14. The van der Waals surface area contributed by atoms with E-state index >= 15 is 0 Å². The lowest BCUT2D eigenvalue weighted by molar-refractivity contribution is -0.326. The minimum absolute atomic E-state index is 0.0678. The van der Waals surface area contributed by atoms with Gasteiger partial charge in [0, 0.05) is 13.3 Å². The van der Waals surface area contributed by atoms with Crippen molar-refractivity contribution in [3.8, 4) is 0 Å². The van der Waals surface area contributed by atoms with Crippen LogP contribution >= 0.6 is 0 Å². The normalized spacial score (nSPS) is 14.3. The molecule has 0 saturated heterocycles. The first kappa shape index (κ1) is 12.9. The first-order chi connectivity index (χ1) is 6.43. The Morgan fingerprint density at radius 1 is 1.29 bits per heavy atom.